The van der Waals surface area contributed by atoms with Crippen molar-refractivity contribution in [2.75, 3.05) is 12.9 Å². The van der Waals surface area contributed by atoms with Gasteiger partial charge in [-0.1, -0.05) is 18.7 Å². The number of carbonyl (C=O) groups is 1. The molecule has 0 N–H and O–H groups in total. The summed E-state index contributed by atoms with van der Waals surface area (Å²) >= 11 is 4.68. The lowest BCUT2D eigenvalue weighted by Crippen LogP contribution is -2.04. The van der Waals surface area contributed by atoms with Crippen LogP contribution in [0.25, 0.3) is 0 Å². The average molecular weight is 305 g/mol. The molecule has 1 aromatic rings. The van der Waals surface area contributed by atoms with Crippen molar-refractivity contribution in [1.29, 1.82) is 0 Å². The van der Waals surface area contributed by atoms with Crippen molar-refractivity contribution < 1.29 is 9.53 Å². The fraction of sp³-hybridized carbons (Fsp3) is 0.500. The van der Waals surface area contributed by atoms with Gasteiger partial charge in [0.2, 0.25) is 0 Å². The quantitative estimate of drug-likeness (QED) is 0.475. The summed E-state index contributed by atoms with van der Waals surface area (Å²) in [5.74, 6) is 0.812. The van der Waals surface area contributed by atoms with E-state index in [1.807, 2.05) is 0 Å². The zero-order valence-corrected chi connectivity index (χ0v) is 11.6. The fourth-order valence-electron chi connectivity index (χ4n) is 1.04. The van der Waals surface area contributed by atoms with Gasteiger partial charge in [-0.3, -0.25) is 4.79 Å². The summed E-state index contributed by atoms with van der Waals surface area (Å²) < 4.78 is 5.31. The van der Waals surface area contributed by atoms with Crippen molar-refractivity contribution in [3.8, 4) is 0 Å². The molecule has 0 spiro atoms. The Bertz CT molecular complexity index is 374. The molecule has 1 aromatic heterocycles. The van der Waals surface area contributed by atoms with E-state index in [2.05, 4.69) is 37.6 Å². The summed E-state index contributed by atoms with van der Waals surface area (Å²) in [6.45, 7) is 2.07. The molecule has 0 unspecified atom stereocenters. The Balaban J connectivity index is 2.68. The van der Waals surface area contributed by atoms with Gasteiger partial charge in [0, 0.05) is 12.5 Å². The predicted molar refractivity (Wildman–Crippen MR) is 66.5 cm³/mol. The van der Waals surface area contributed by atoms with Crippen LogP contribution in [0.5, 0.6) is 0 Å². The van der Waals surface area contributed by atoms with E-state index in [9.17, 15) is 4.79 Å². The van der Waals surface area contributed by atoms with Crippen LogP contribution >= 0.6 is 27.7 Å². The van der Waals surface area contributed by atoms with E-state index in [1.54, 1.807) is 6.07 Å². The summed E-state index contributed by atoms with van der Waals surface area (Å²) in [5, 5.41) is 0.788. The highest BCUT2D eigenvalue weighted by molar-refractivity contribution is 9.10. The first kappa shape index (κ1) is 13.4. The molecule has 0 amide bonds. The molecule has 6 heteroatoms. The molecule has 0 saturated carbocycles. The van der Waals surface area contributed by atoms with Gasteiger partial charge >= 0.3 is 5.97 Å². The number of esters is 1. The van der Waals surface area contributed by atoms with Gasteiger partial charge in [0.25, 0.3) is 0 Å². The zero-order chi connectivity index (χ0) is 12.0. The highest BCUT2D eigenvalue weighted by atomic mass is 79.9. The fourth-order valence-corrected chi connectivity index (χ4v) is 2.36. The standard InChI is InChI=1S/C10H13BrN2O2S/c1-3-4-8-12-7(11)5-9(13-8)16-6-10(14)15-2/h5H,3-4,6H2,1-2H3. The summed E-state index contributed by atoms with van der Waals surface area (Å²) in [5.41, 5.74) is 0. The number of hydrogen-bond acceptors (Lipinski definition) is 5. The summed E-state index contributed by atoms with van der Waals surface area (Å²) in [7, 11) is 1.38. The SMILES string of the molecule is CCCc1nc(Br)cc(SCC(=O)OC)n1. The number of thioether (sulfide) groups is 1. The molecule has 16 heavy (non-hydrogen) atoms. The van der Waals surface area contributed by atoms with Gasteiger partial charge in [-0.05, 0) is 22.4 Å². The molecule has 4 nitrogen and oxygen atoms in total. The largest absolute Gasteiger partial charge is 0.468 e. The van der Waals surface area contributed by atoms with Crippen molar-refractivity contribution >= 4 is 33.7 Å². The van der Waals surface area contributed by atoms with E-state index in [4.69, 9.17) is 0 Å². The second kappa shape index (κ2) is 6.85. The number of nitrogens with zero attached hydrogens (tertiary/aromatic N) is 2. The number of carbonyl (C=O) groups excluding carboxylic acids is 1. The number of methoxy groups -OCH3 is 1. The Hall–Kier alpha value is -0.620. The van der Waals surface area contributed by atoms with Crippen molar-refractivity contribution in [1.82, 2.24) is 9.97 Å². The van der Waals surface area contributed by atoms with Gasteiger partial charge in [-0.2, -0.15) is 0 Å². The smallest absolute Gasteiger partial charge is 0.316 e. The van der Waals surface area contributed by atoms with Crippen molar-refractivity contribution in [2.45, 2.75) is 24.8 Å². The molecule has 0 radical (unpaired) electrons. The van der Waals surface area contributed by atoms with Gasteiger partial charge < -0.3 is 4.74 Å². The van der Waals surface area contributed by atoms with Gasteiger partial charge in [0.15, 0.2) is 0 Å². The van der Waals surface area contributed by atoms with Gasteiger partial charge in [0.05, 0.1) is 12.9 Å². The second-order valence-corrected chi connectivity index (χ2v) is 4.87. The minimum atomic E-state index is -0.253. The molecule has 0 saturated heterocycles. The monoisotopic (exact) mass is 304 g/mol. The molecular weight excluding hydrogens is 292 g/mol. The third kappa shape index (κ3) is 4.49. The maximum Gasteiger partial charge on any atom is 0.316 e. The predicted octanol–water partition coefficient (Wildman–Crippen LogP) is 2.46. The summed E-state index contributed by atoms with van der Waals surface area (Å²) in [4.78, 5) is 19.6. The topological polar surface area (TPSA) is 52.1 Å². The lowest BCUT2D eigenvalue weighted by Gasteiger charge is -2.03. The number of aromatic nitrogens is 2. The Morgan fingerprint density at radius 3 is 2.94 bits per heavy atom. The Labute approximate surface area is 107 Å². The third-order valence-electron chi connectivity index (χ3n) is 1.76. The Kier molecular flexibility index (Phi) is 5.76. The Morgan fingerprint density at radius 2 is 2.31 bits per heavy atom. The van der Waals surface area contributed by atoms with E-state index in [0.717, 1.165) is 28.3 Å². The first-order valence-electron chi connectivity index (χ1n) is 4.88. The molecule has 0 aliphatic carbocycles. The Morgan fingerprint density at radius 1 is 1.56 bits per heavy atom. The summed E-state index contributed by atoms with van der Waals surface area (Å²) in [6, 6.07) is 1.80. The molecule has 0 bridgehead atoms. The van der Waals surface area contributed by atoms with Crippen LogP contribution in [0, 0.1) is 0 Å². The van der Waals surface area contributed by atoms with Crippen LogP contribution in [0.2, 0.25) is 0 Å². The van der Waals surface area contributed by atoms with Crippen LogP contribution in [0.4, 0.5) is 0 Å². The number of rotatable bonds is 5. The minimum absolute atomic E-state index is 0.253. The molecule has 0 aliphatic heterocycles. The molecule has 0 atom stereocenters. The molecular formula is C10H13BrN2O2S. The maximum atomic E-state index is 11.0. The number of hydrogen-bond donors (Lipinski definition) is 0. The third-order valence-corrected chi connectivity index (χ3v) is 3.05. The van der Waals surface area contributed by atoms with E-state index < -0.39 is 0 Å². The highest BCUT2D eigenvalue weighted by Crippen LogP contribution is 2.19. The number of halogens is 1. The lowest BCUT2D eigenvalue weighted by molar-refractivity contribution is -0.137. The number of aryl methyl sites for hydroxylation is 1. The minimum Gasteiger partial charge on any atom is -0.468 e. The molecule has 0 aromatic carbocycles. The second-order valence-electron chi connectivity index (χ2n) is 3.06. The van der Waals surface area contributed by atoms with Gasteiger partial charge in [0.1, 0.15) is 15.5 Å². The van der Waals surface area contributed by atoms with Crippen LogP contribution in [-0.4, -0.2) is 28.8 Å². The van der Waals surface area contributed by atoms with Crippen molar-refractivity contribution in [2.24, 2.45) is 0 Å². The van der Waals surface area contributed by atoms with E-state index >= 15 is 0 Å². The summed E-state index contributed by atoms with van der Waals surface area (Å²) in [6.07, 6.45) is 1.84. The molecule has 1 rings (SSSR count). The first-order valence-corrected chi connectivity index (χ1v) is 6.66. The van der Waals surface area contributed by atoms with Crippen molar-refractivity contribution in [3.63, 3.8) is 0 Å². The van der Waals surface area contributed by atoms with Crippen LogP contribution in [-0.2, 0) is 16.0 Å². The van der Waals surface area contributed by atoms with E-state index in [0.29, 0.717) is 0 Å². The molecule has 0 aliphatic rings. The van der Waals surface area contributed by atoms with Gasteiger partial charge in [-0.15, -0.1) is 0 Å². The first-order chi connectivity index (χ1) is 7.65. The molecule has 0 fully saturated rings. The van der Waals surface area contributed by atoms with E-state index in [1.165, 1.54) is 18.9 Å². The molecule has 1 heterocycles. The van der Waals surface area contributed by atoms with Crippen LogP contribution < -0.4 is 0 Å². The van der Waals surface area contributed by atoms with E-state index in [-0.39, 0.29) is 11.7 Å². The number of ether oxygens (including phenoxy) is 1. The lowest BCUT2D eigenvalue weighted by atomic mass is 10.3. The highest BCUT2D eigenvalue weighted by Gasteiger charge is 2.06. The maximum absolute atomic E-state index is 11.0. The van der Waals surface area contributed by atoms with Crippen LogP contribution in [0.15, 0.2) is 15.7 Å². The molecule has 88 valence electrons. The van der Waals surface area contributed by atoms with Crippen LogP contribution in [0.1, 0.15) is 19.2 Å². The van der Waals surface area contributed by atoms with Crippen LogP contribution in [0.3, 0.4) is 0 Å². The van der Waals surface area contributed by atoms with Gasteiger partial charge in [-0.25, -0.2) is 9.97 Å². The average Bonchev–Trinajstić information content (AvgIpc) is 2.25. The van der Waals surface area contributed by atoms with Crippen molar-refractivity contribution in [3.05, 3.63) is 16.5 Å². The normalized spacial score (nSPS) is 10.2. The zero-order valence-electron chi connectivity index (χ0n) is 9.20.